The predicted molar refractivity (Wildman–Crippen MR) is 116 cm³/mol. The van der Waals surface area contributed by atoms with Crippen molar-refractivity contribution in [1.82, 2.24) is 5.32 Å². The van der Waals surface area contributed by atoms with Crippen LogP contribution in [0.4, 0.5) is 10.7 Å². The fourth-order valence-electron chi connectivity index (χ4n) is 3.05. The van der Waals surface area contributed by atoms with Crippen LogP contribution < -0.4 is 15.5 Å². The zero-order chi connectivity index (χ0) is 21.2. The lowest BCUT2D eigenvalue weighted by Crippen LogP contribution is -2.27. The molecular weight excluding hydrogens is 386 g/mol. The second-order valence-corrected chi connectivity index (χ2v) is 9.38. The number of thiophene rings is 1. The lowest BCUT2D eigenvalue weighted by atomic mass is 9.96. The largest absolute Gasteiger partial charge is 0.347 e. The first-order chi connectivity index (χ1) is 13.6. The summed E-state index contributed by atoms with van der Waals surface area (Å²) in [6.07, 6.45) is 1.51. The van der Waals surface area contributed by atoms with Crippen LogP contribution in [0.3, 0.4) is 0 Å². The van der Waals surface area contributed by atoms with E-state index >= 15 is 0 Å². The molecule has 0 spiro atoms. The van der Waals surface area contributed by atoms with Crippen molar-refractivity contribution < 1.29 is 14.4 Å². The van der Waals surface area contributed by atoms with Gasteiger partial charge in [-0.05, 0) is 42.7 Å². The van der Waals surface area contributed by atoms with Crippen LogP contribution in [0.1, 0.15) is 54.4 Å². The first kappa shape index (κ1) is 21.0. The van der Waals surface area contributed by atoms with Crippen molar-refractivity contribution in [2.24, 2.45) is 5.41 Å². The highest BCUT2D eigenvalue weighted by atomic mass is 32.1. The minimum absolute atomic E-state index is 0.0812. The Morgan fingerprint density at radius 3 is 2.45 bits per heavy atom. The Morgan fingerprint density at radius 1 is 1.17 bits per heavy atom. The molecule has 0 unspecified atom stereocenters. The van der Waals surface area contributed by atoms with Crippen LogP contribution in [0, 0.1) is 12.3 Å². The van der Waals surface area contributed by atoms with E-state index in [1.54, 1.807) is 4.90 Å². The number of anilines is 2. The normalized spacial score (nSPS) is 14.2. The van der Waals surface area contributed by atoms with E-state index in [0.29, 0.717) is 22.8 Å². The maximum atomic E-state index is 12.6. The molecule has 2 N–H and O–H groups in total. The van der Waals surface area contributed by atoms with Crippen molar-refractivity contribution in [3.8, 4) is 0 Å². The predicted octanol–water partition coefficient (Wildman–Crippen LogP) is 4.10. The Labute approximate surface area is 175 Å². The molecule has 2 heterocycles. The summed E-state index contributed by atoms with van der Waals surface area (Å²) in [6, 6.07) is 9.52. The van der Waals surface area contributed by atoms with Gasteiger partial charge in [-0.15, -0.1) is 11.3 Å². The van der Waals surface area contributed by atoms with E-state index in [0.717, 1.165) is 29.8 Å². The molecule has 154 valence electrons. The SMILES string of the molecule is Cc1cc(NC(=O)C(C)(C)C)sc1C(=O)NCc1ccc(N2CCCC2=O)cc1. The summed E-state index contributed by atoms with van der Waals surface area (Å²) >= 11 is 1.28. The van der Waals surface area contributed by atoms with Gasteiger partial charge in [-0.1, -0.05) is 32.9 Å². The van der Waals surface area contributed by atoms with Crippen LogP contribution in [-0.4, -0.2) is 24.3 Å². The summed E-state index contributed by atoms with van der Waals surface area (Å²) in [5, 5.41) is 6.48. The Hall–Kier alpha value is -2.67. The van der Waals surface area contributed by atoms with E-state index in [4.69, 9.17) is 0 Å². The number of carbonyl (C=O) groups is 3. The third kappa shape index (κ3) is 5.03. The minimum atomic E-state index is -0.494. The van der Waals surface area contributed by atoms with Crippen molar-refractivity contribution in [2.45, 2.75) is 47.1 Å². The molecule has 1 aromatic carbocycles. The Bertz CT molecular complexity index is 926. The molecule has 1 fully saturated rings. The van der Waals surface area contributed by atoms with Gasteiger partial charge in [0, 0.05) is 30.6 Å². The van der Waals surface area contributed by atoms with E-state index in [9.17, 15) is 14.4 Å². The van der Waals surface area contributed by atoms with Gasteiger partial charge < -0.3 is 15.5 Å². The van der Waals surface area contributed by atoms with Crippen LogP contribution in [0.5, 0.6) is 0 Å². The van der Waals surface area contributed by atoms with E-state index in [-0.39, 0.29) is 17.7 Å². The molecule has 6 nitrogen and oxygen atoms in total. The zero-order valence-corrected chi connectivity index (χ0v) is 18.1. The lowest BCUT2D eigenvalue weighted by molar-refractivity contribution is -0.123. The van der Waals surface area contributed by atoms with Crippen LogP contribution in [0.15, 0.2) is 30.3 Å². The topological polar surface area (TPSA) is 78.5 Å². The number of amides is 3. The first-order valence-corrected chi connectivity index (χ1v) is 10.6. The molecule has 1 saturated heterocycles. The van der Waals surface area contributed by atoms with E-state index in [1.165, 1.54) is 11.3 Å². The summed E-state index contributed by atoms with van der Waals surface area (Å²) in [5.41, 5.74) is 2.20. The van der Waals surface area contributed by atoms with Gasteiger partial charge in [-0.2, -0.15) is 0 Å². The van der Waals surface area contributed by atoms with Gasteiger partial charge >= 0.3 is 0 Å². The van der Waals surface area contributed by atoms with Gasteiger partial charge in [0.25, 0.3) is 5.91 Å². The van der Waals surface area contributed by atoms with Gasteiger partial charge in [-0.3, -0.25) is 14.4 Å². The second-order valence-electron chi connectivity index (χ2n) is 8.32. The molecule has 29 heavy (non-hydrogen) atoms. The standard InChI is InChI=1S/C22H27N3O3S/c1-14-12-17(24-21(28)22(2,3)4)29-19(14)20(27)23-13-15-7-9-16(10-8-15)25-11-5-6-18(25)26/h7-10,12H,5-6,11,13H2,1-4H3,(H,23,27)(H,24,28). The summed E-state index contributed by atoms with van der Waals surface area (Å²) in [6.45, 7) is 8.57. The molecule has 2 aromatic rings. The second kappa shape index (κ2) is 8.37. The average molecular weight is 414 g/mol. The molecule has 1 aromatic heterocycles. The lowest BCUT2D eigenvalue weighted by Gasteiger charge is -2.16. The molecular formula is C22H27N3O3S. The summed E-state index contributed by atoms with van der Waals surface area (Å²) in [4.78, 5) is 39.0. The van der Waals surface area contributed by atoms with Crippen LogP contribution in [0.25, 0.3) is 0 Å². The molecule has 3 rings (SSSR count). The third-order valence-electron chi connectivity index (χ3n) is 4.82. The van der Waals surface area contributed by atoms with E-state index in [1.807, 2.05) is 58.0 Å². The molecule has 0 atom stereocenters. The number of nitrogens with zero attached hydrogens (tertiary/aromatic N) is 1. The van der Waals surface area contributed by atoms with Gasteiger partial charge in [0.1, 0.15) is 0 Å². The van der Waals surface area contributed by atoms with Crippen molar-refractivity contribution >= 4 is 39.7 Å². The highest BCUT2D eigenvalue weighted by molar-refractivity contribution is 7.18. The van der Waals surface area contributed by atoms with Gasteiger partial charge in [0.2, 0.25) is 11.8 Å². The van der Waals surface area contributed by atoms with Crippen LogP contribution in [-0.2, 0) is 16.1 Å². The maximum absolute atomic E-state index is 12.6. The Kier molecular flexibility index (Phi) is 6.07. The van der Waals surface area contributed by atoms with E-state index < -0.39 is 5.41 Å². The zero-order valence-electron chi connectivity index (χ0n) is 17.3. The summed E-state index contributed by atoms with van der Waals surface area (Å²) in [7, 11) is 0. The Balaban J connectivity index is 1.59. The third-order valence-corrected chi connectivity index (χ3v) is 5.97. The number of benzene rings is 1. The molecule has 0 radical (unpaired) electrons. The van der Waals surface area contributed by atoms with Gasteiger partial charge in [0.15, 0.2) is 0 Å². The van der Waals surface area contributed by atoms with Crippen molar-refractivity contribution in [3.05, 3.63) is 46.3 Å². The minimum Gasteiger partial charge on any atom is -0.347 e. The molecule has 1 aliphatic heterocycles. The number of hydrogen-bond donors (Lipinski definition) is 2. The quantitative estimate of drug-likeness (QED) is 0.775. The molecule has 0 saturated carbocycles. The molecule has 7 heteroatoms. The number of rotatable bonds is 5. The number of aryl methyl sites for hydroxylation is 1. The summed E-state index contributed by atoms with van der Waals surface area (Å²) in [5.74, 6) is -0.0848. The molecule has 1 aliphatic rings. The van der Waals surface area contributed by atoms with Crippen LogP contribution >= 0.6 is 11.3 Å². The smallest absolute Gasteiger partial charge is 0.261 e. The van der Waals surface area contributed by atoms with Crippen molar-refractivity contribution in [3.63, 3.8) is 0 Å². The molecule has 3 amide bonds. The van der Waals surface area contributed by atoms with E-state index in [2.05, 4.69) is 10.6 Å². The number of nitrogens with one attached hydrogen (secondary N) is 2. The highest BCUT2D eigenvalue weighted by Gasteiger charge is 2.23. The molecule has 0 aliphatic carbocycles. The number of carbonyl (C=O) groups excluding carboxylic acids is 3. The average Bonchev–Trinajstić information content (AvgIpc) is 3.25. The fraction of sp³-hybridized carbons (Fsp3) is 0.409. The van der Waals surface area contributed by atoms with Gasteiger partial charge in [0.05, 0.1) is 9.88 Å². The Morgan fingerprint density at radius 2 is 1.86 bits per heavy atom. The van der Waals surface area contributed by atoms with Gasteiger partial charge in [-0.25, -0.2) is 0 Å². The van der Waals surface area contributed by atoms with Crippen molar-refractivity contribution in [2.75, 3.05) is 16.8 Å². The fourth-order valence-corrected chi connectivity index (χ4v) is 4.03. The highest BCUT2D eigenvalue weighted by Crippen LogP contribution is 2.28. The number of hydrogen-bond acceptors (Lipinski definition) is 4. The van der Waals surface area contributed by atoms with Crippen molar-refractivity contribution in [1.29, 1.82) is 0 Å². The monoisotopic (exact) mass is 413 g/mol. The molecule has 0 bridgehead atoms. The van der Waals surface area contributed by atoms with Crippen LogP contribution in [0.2, 0.25) is 0 Å². The summed E-state index contributed by atoms with van der Waals surface area (Å²) < 4.78 is 0. The maximum Gasteiger partial charge on any atom is 0.261 e. The first-order valence-electron chi connectivity index (χ1n) is 9.74.